The van der Waals surface area contributed by atoms with Crippen LogP contribution in [0.4, 0.5) is 0 Å². The quantitative estimate of drug-likeness (QED) is 0.0963. The van der Waals surface area contributed by atoms with Gasteiger partial charge in [-0.1, -0.05) is 43.7 Å². The summed E-state index contributed by atoms with van der Waals surface area (Å²) in [5.41, 5.74) is 0.806. The first-order chi connectivity index (χ1) is 15.1. The standard InChI is InChI=1S/C26H22O5/c1-2-3-16-29-19-11-8-18(9-12-19)10-15-25(27)30-20-13-14-22-21-6-4-5-7-23(21)26(28)31-24(22)17-20/h4-15,17H,2-3,16H2,1H3/b15-10+. The molecule has 5 heteroatoms. The number of ether oxygens (including phenoxy) is 2. The molecule has 0 fully saturated rings. The molecule has 5 nitrogen and oxygen atoms in total. The summed E-state index contributed by atoms with van der Waals surface area (Å²) in [7, 11) is 0. The second-order valence-corrected chi connectivity index (χ2v) is 7.12. The van der Waals surface area contributed by atoms with Crippen LogP contribution >= 0.6 is 0 Å². The molecule has 1 heterocycles. The molecule has 4 aromatic rings. The van der Waals surface area contributed by atoms with E-state index >= 15 is 0 Å². The molecule has 0 aliphatic heterocycles. The van der Waals surface area contributed by atoms with Crippen molar-refractivity contribution in [1.82, 2.24) is 0 Å². The minimum absolute atomic E-state index is 0.306. The van der Waals surface area contributed by atoms with Gasteiger partial charge in [-0.3, -0.25) is 0 Å². The molecule has 156 valence electrons. The lowest BCUT2D eigenvalue weighted by atomic mass is 10.1. The average Bonchev–Trinajstić information content (AvgIpc) is 2.79. The monoisotopic (exact) mass is 414 g/mol. The molecule has 0 saturated carbocycles. The first-order valence-electron chi connectivity index (χ1n) is 10.2. The second kappa shape index (κ2) is 9.30. The van der Waals surface area contributed by atoms with Gasteiger partial charge in [-0.05, 0) is 53.8 Å². The molecular formula is C26H22O5. The van der Waals surface area contributed by atoms with E-state index in [1.54, 1.807) is 36.4 Å². The predicted octanol–water partition coefficient (Wildman–Crippen LogP) is 5.74. The Labute approximate surface area is 179 Å². The maximum Gasteiger partial charge on any atom is 0.344 e. The zero-order valence-electron chi connectivity index (χ0n) is 17.2. The molecule has 0 aliphatic carbocycles. The van der Waals surface area contributed by atoms with E-state index in [1.807, 2.05) is 36.4 Å². The van der Waals surface area contributed by atoms with Gasteiger partial charge in [0.2, 0.25) is 0 Å². The molecule has 4 rings (SSSR count). The molecule has 3 aromatic carbocycles. The molecule has 0 aliphatic rings. The number of rotatable bonds is 7. The van der Waals surface area contributed by atoms with Crippen molar-refractivity contribution in [2.45, 2.75) is 19.8 Å². The van der Waals surface area contributed by atoms with Crippen LogP contribution in [0, 0.1) is 0 Å². The van der Waals surface area contributed by atoms with Crippen molar-refractivity contribution in [3.8, 4) is 11.5 Å². The van der Waals surface area contributed by atoms with E-state index in [-0.39, 0.29) is 0 Å². The van der Waals surface area contributed by atoms with Crippen LogP contribution in [0.3, 0.4) is 0 Å². The van der Waals surface area contributed by atoms with Crippen molar-refractivity contribution in [1.29, 1.82) is 0 Å². The lowest BCUT2D eigenvalue weighted by Gasteiger charge is -2.06. The normalized spacial score (nSPS) is 11.3. The summed E-state index contributed by atoms with van der Waals surface area (Å²) < 4.78 is 16.4. The van der Waals surface area contributed by atoms with Gasteiger partial charge in [0.15, 0.2) is 0 Å². The summed E-state index contributed by atoms with van der Waals surface area (Å²) >= 11 is 0. The van der Waals surface area contributed by atoms with E-state index in [4.69, 9.17) is 13.9 Å². The van der Waals surface area contributed by atoms with Crippen molar-refractivity contribution < 1.29 is 18.7 Å². The van der Waals surface area contributed by atoms with Crippen molar-refractivity contribution in [2.75, 3.05) is 6.61 Å². The molecular weight excluding hydrogens is 392 g/mol. The Balaban J connectivity index is 1.45. The molecule has 0 saturated heterocycles. The number of unbranched alkanes of at least 4 members (excludes halogenated alkanes) is 1. The number of fused-ring (bicyclic) bond motifs is 3. The molecule has 0 radical (unpaired) electrons. The Kier molecular flexibility index (Phi) is 6.13. The van der Waals surface area contributed by atoms with Gasteiger partial charge >= 0.3 is 11.6 Å². The zero-order chi connectivity index (χ0) is 21.6. The Bertz CT molecular complexity index is 1300. The minimum atomic E-state index is -0.522. The first-order valence-corrected chi connectivity index (χ1v) is 10.2. The van der Waals surface area contributed by atoms with Gasteiger partial charge in [0.25, 0.3) is 0 Å². The van der Waals surface area contributed by atoms with Crippen LogP contribution in [0.1, 0.15) is 25.3 Å². The third-order valence-electron chi connectivity index (χ3n) is 4.87. The van der Waals surface area contributed by atoms with E-state index in [9.17, 15) is 9.59 Å². The van der Waals surface area contributed by atoms with Crippen LogP contribution in [0.5, 0.6) is 11.5 Å². The van der Waals surface area contributed by atoms with Gasteiger partial charge in [0, 0.05) is 17.5 Å². The summed E-state index contributed by atoms with van der Waals surface area (Å²) in [6, 6.07) is 19.8. The lowest BCUT2D eigenvalue weighted by Crippen LogP contribution is -2.04. The maximum atomic E-state index is 12.2. The Morgan fingerprint density at radius 3 is 2.45 bits per heavy atom. The number of benzene rings is 3. The summed E-state index contributed by atoms with van der Waals surface area (Å²) in [6.07, 6.45) is 5.13. The fourth-order valence-corrected chi connectivity index (χ4v) is 3.25. The summed E-state index contributed by atoms with van der Waals surface area (Å²) in [5, 5.41) is 2.10. The molecule has 1 aromatic heterocycles. The zero-order valence-corrected chi connectivity index (χ0v) is 17.2. The van der Waals surface area contributed by atoms with Gasteiger partial charge in [-0.25, -0.2) is 9.59 Å². The van der Waals surface area contributed by atoms with Crippen LogP contribution in [-0.4, -0.2) is 12.6 Å². The molecule has 0 bridgehead atoms. The van der Waals surface area contributed by atoms with E-state index in [2.05, 4.69) is 6.92 Å². The predicted molar refractivity (Wildman–Crippen MR) is 122 cm³/mol. The largest absolute Gasteiger partial charge is 0.494 e. The van der Waals surface area contributed by atoms with Crippen LogP contribution < -0.4 is 15.1 Å². The van der Waals surface area contributed by atoms with E-state index < -0.39 is 11.6 Å². The topological polar surface area (TPSA) is 65.7 Å². The Hall–Kier alpha value is -3.86. The van der Waals surface area contributed by atoms with E-state index in [0.29, 0.717) is 23.3 Å². The SMILES string of the molecule is CCCCOc1ccc(/C=C/C(=O)Oc2ccc3c(c2)oc(=O)c2ccccc23)cc1. The third-order valence-corrected chi connectivity index (χ3v) is 4.87. The molecule has 0 amide bonds. The fourth-order valence-electron chi connectivity index (χ4n) is 3.25. The number of hydrogen-bond acceptors (Lipinski definition) is 5. The van der Waals surface area contributed by atoms with Crippen molar-refractivity contribution in [2.24, 2.45) is 0 Å². The highest BCUT2D eigenvalue weighted by Gasteiger charge is 2.09. The summed E-state index contributed by atoms with van der Waals surface area (Å²) in [6.45, 7) is 2.81. The van der Waals surface area contributed by atoms with Crippen LogP contribution in [0.2, 0.25) is 0 Å². The van der Waals surface area contributed by atoms with Gasteiger partial charge in [-0.2, -0.15) is 0 Å². The van der Waals surface area contributed by atoms with Gasteiger partial charge in [0.1, 0.15) is 17.1 Å². The van der Waals surface area contributed by atoms with Crippen molar-refractivity contribution >= 4 is 33.8 Å². The Morgan fingerprint density at radius 1 is 0.935 bits per heavy atom. The summed E-state index contributed by atoms with van der Waals surface area (Å²) in [4.78, 5) is 24.4. The van der Waals surface area contributed by atoms with Gasteiger partial charge in [0.05, 0.1) is 12.0 Å². The van der Waals surface area contributed by atoms with Gasteiger partial charge in [-0.15, -0.1) is 0 Å². The first kappa shape index (κ1) is 20.4. The summed E-state index contributed by atoms with van der Waals surface area (Å²) in [5.74, 6) is 0.587. The number of carbonyl (C=O) groups is 1. The van der Waals surface area contributed by atoms with Crippen LogP contribution in [-0.2, 0) is 4.79 Å². The highest BCUT2D eigenvalue weighted by molar-refractivity contribution is 6.04. The Morgan fingerprint density at radius 2 is 1.68 bits per heavy atom. The van der Waals surface area contributed by atoms with Gasteiger partial charge < -0.3 is 13.9 Å². The molecule has 0 unspecified atom stereocenters. The number of hydrogen-bond donors (Lipinski definition) is 0. The highest BCUT2D eigenvalue weighted by atomic mass is 16.5. The van der Waals surface area contributed by atoms with E-state index in [0.717, 1.165) is 34.9 Å². The number of carbonyl (C=O) groups excluding carboxylic acids is 1. The van der Waals surface area contributed by atoms with Crippen LogP contribution in [0.25, 0.3) is 27.8 Å². The lowest BCUT2D eigenvalue weighted by molar-refractivity contribution is -0.128. The molecule has 0 atom stereocenters. The molecule has 0 N–H and O–H groups in total. The van der Waals surface area contributed by atoms with Crippen molar-refractivity contribution in [3.05, 3.63) is 88.8 Å². The third kappa shape index (κ3) is 4.83. The van der Waals surface area contributed by atoms with Crippen LogP contribution in [0.15, 0.2) is 82.0 Å². The minimum Gasteiger partial charge on any atom is -0.494 e. The highest BCUT2D eigenvalue weighted by Crippen LogP contribution is 2.26. The van der Waals surface area contributed by atoms with E-state index in [1.165, 1.54) is 6.08 Å². The smallest absolute Gasteiger partial charge is 0.344 e. The number of esters is 1. The van der Waals surface area contributed by atoms with Crippen molar-refractivity contribution in [3.63, 3.8) is 0 Å². The average molecular weight is 414 g/mol. The molecule has 31 heavy (non-hydrogen) atoms. The molecule has 0 spiro atoms. The maximum absolute atomic E-state index is 12.2. The fraction of sp³-hybridized carbons (Fsp3) is 0.154. The second-order valence-electron chi connectivity index (χ2n) is 7.12.